The highest BCUT2D eigenvalue weighted by Crippen LogP contribution is 2.58. The highest BCUT2D eigenvalue weighted by atomic mass is 16.5. The summed E-state index contributed by atoms with van der Waals surface area (Å²) in [6, 6.07) is 0. The minimum atomic E-state index is -1.03. The fourth-order valence-corrected chi connectivity index (χ4v) is 5.42. The molecule has 0 spiro atoms. The molecular formula is C20H36O4. The Morgan fingerprint density at radius 2 is 1.96 bits per heavy atom. The Balaban J connectivity index is 2.00. The van der Waals surface area contributed by atoms with Gasteiger partial charge in [-0.15, -0.1) is 0 Å². The third-order valence-corrected chi connectivity index (χ3v) is 6.85. The molecule has 2 N–H and O–H groups in total. The second-order valence-electron chi connectivity index (χ2n) is 9.06. The second-order valence-corrected chi connectivity index (χ2v) is 9.06. The molecule has 0 heterocycles. The van der Waals surface area contributed by atoms with Crippen LogP contribution in [0.5, 0.6) is 0 Å². The Morgan fingerprint density at radius 3 is 2.54 bits per heavy atom. The lowest BCUT2D eigenvalue weighted by Gasteiger charge is -2.46. The summed E-state index contributed by atoms with van der Waals surface area (Å²) in [6.45, 7) is 9.51. The van der Waals surface area contributed by atoms with Crippen molar-refractivity contribution in [3.63, 3.8) is 0 Å². The number of rotatable bonds is 6. The molecule has 0 aromatic carbocycles. The molecule has 0 bridgehead atoms. The van der Waals surface area contributed by atoms with Crippen LogP contribution in [-0.2, 0) is 9.53 Å². The molecule has 2 aliphatic carbocycles. The van der Waals surface area contributed by atoms with E-state index in [1.807, 2.05) is 0 Å². The molecule has 2 rings (SSSR count). The van der Waals surface area contributed by atoms with Crippen molar-refractivity contribution in [1.82, 2.24) is 0 Å². The zero-order valence-corrected chi connectivity index (χ0v) is 16.0. The standard InChI is InChI=1S/C20H36O4/c1-13(8-11-18(22)19(3,4)23)15-9-10-16-17(24-14(2)21)7-6-12-20(15,16)5/h13,15-18,22-23H,6-12H2,1-5H3/t13-,15+,16-,17-,18+,20+/m0/s1. The summed E-state index contributed by atoms with van der Waals surface area (Å²) in [4.78, 5) is 11.4. The van der Waals surface area contributed by atoms with E-state index in [1.165, 1.54) is 19.8 Å². The van der Waals surface area contributed by atoms with Gasteiger partial charge in [-0.05, 0) is 76.0 Å². The van der Waals surface area contributed by atoms with Crippen molar-refractivity contribution in [3.8, 4) is 0 Å². The van der Waals surface area contributed by atoms with Gasteiger partial charge < -0.3 is 14.9 Å². The first-order chi connectivity index (χ1) is 11.1. The fraction of sp³-hybridized carbons (Fsp3) is 0.950. The Hall–Kier alpha value is -0.610. The summed E-state index contributed by atoms with van der Waals surface area (Å²) in [7, 11) is 0. The van der Waals surface area contributed by atoms with E-state index in [1.54, 1.807) is 13.8 Å². The molecule has 0 saturated heterocycles. The third kappa shape index (κ3) is 4.13. The second kappa shape index (κ2) is 7.33. The third-order valence-electron chi connectivity index (χ3n) is 6.85. The molecule has 140 valence electrons. The molecule has 4 heteroatoms. The van der Waals surface area contributed by atoms with Crippen molar-refractivity contribution in [2.45, 2.75) is 97.4 Å². The number of hydrogen-bond donors (Lipinski definition) is 2. The van der Waals surface area contributed by atoms with Crippen LogP contribution in [0.2, 0.25) is 0 Å². The van der Waals surface area contributed by atoms with Gasteiger partial charge in [0.1, 0.15) is 6.10 Å². The maximum atomic E-state index is 11.4. The van der Waals surface area contributed by atoms with Gasteiger partial charge in [0, 0.05) is 12.8 Å². The van der Waals surface area contributed by atoms with Gasteiger partial charge in [0.25, 0.3) is 0 Å². The zero-order chi connectivity index (χ0) is 18.1. The van der Waals surface area contributed by atoms with E-state index >= 15 is 0 Å². The maximum Gasteiger partial charge on any atom is 0.302 e. The minimum absolute atomic E-state index is 0.0837. The number of aliphatic hydroxyl groups excluding tert-OH is 1. The summed E-state index contributed by atoms with van der Waals surface area (Å²) in [6.07, 6.45) is 6.62. The van der Waals surface area contributed by atoms with Gasteiger partial charge in [0.2, 0.25) is 0 Å². The van der Waals surface area contributed by atoms with Gasteiger partial charge in [-0.2, -0.15) is 0 Å². The van der Waals surface area contributed by atoms with Gasteiger partial charge >= 0.3 is 5.97 Å². The number of esters is 1. The van der Waals surface area contributed by atoms with E-state index in [0.717, 1.165) is 25.7 Å². The first kappa shape index (κ1) is 19.7. The van der Waals surface area contributed by atoms with E-state index in [9.17, 15) is 15.0 Å². The number of ether oxygens (including phenoxy) is 1. The Bertz CT molecular complexity index is 441. The summed E-state index contributed by atoms with van der Waals surface area (Å²) in [5.41, 5.74) is -0.801. The topological polar surface area (TPSA) is 66.8 Å². The van der Waals surface area contributed by atoms with Gasteiger partial charge in [-0.1, -0.05) is 13.8 Å². The molecule has 6 atom stereocenters. The highest BCUT2D eigenvalue weighted by Gasteiger charge is 2.53. The smallest absolute Gasteiger partial charge is 0.302 e. The van der Waals surface area contributed by atoms with E-state index in [2.05, 4.69) is 13.8 Å². The lowest BCUT2D eigenvalue weighted by Crippen LogP contribution is -2.43. The van der Waals surface area contributed by atoms with Crippen molar-refractivity contribution < 1.29 is 19.7 Å². The minimum Gasteiger partial charge on any atom is -0.462 e. The zero-order valence-electron chi connectivity index (χ0n) is 16.0. The summed E-state index contributed by atoms with van der Waals surface area (Å²) in [5, 5.41) is 20.0. The number of hydrogen-bond acceptors (Lipinski definition) is 4. The number of fused-ring (bicyclic) bond motifs is 1. The molecule has 0 unspecified atom stereocenters. The van der Waals surface area contributed by atoms with Crippen LogP contribution in [-0.4, -0.2) is 34.0 Å². The molecule has 2 aliphatic rings. The van der Waals surface area contributed by atoms with Crippen molar-refractivity contribution in [1.29, 1.82) is 0 Å². The van der Waals surface area contributed by atoms with Crippen LogP contribution >= 0.6 is 0 Å². The molecule has 0 aliphatic heterocycles. The predicted octanol–water partition coefficient (Wildman–Crippen LogP) is 3.68. The van der Waals surface area contributed by atoms with Crippen LogP contribution in [0.25, 0.3) is 0 Å². The lowest BCUT2D eigenvalue weighted by atomic mass is 9.61. The number of carbonyl (C=O) groups excluding carboxylic acids is 1. The van der Waals surface area contributed by atoms with E-state index in [4.69, 9.17) is 4.74 Å². The van der Waals surface area contributed by atoms with Gasteiger partial charge in [-0.3, -0.25) is 4.79 Å². The molecule has 0 amide bonds. The first-order valence-corrected chi connectivity index (χ1v) is 9.63. The molecule has 0 radical (unpaired) electrons. The van der Waals surface area contributed by atoms with E-state index < -0.39 is 11.7 Å². The van der Waals surface area contributed by atoms with Crippen LogP contribution in [0.1, 0.15) is 79.6 Å². The highest BCUT2D eigenvalue weighted by molar-refractivity contribution is 5.66. The van der Waals surface area contributed by atoms with Crippen LogP contribution in [0, 0.1) is 23.2 Å². The van der Waals surface area contributed by atoms with Crippen LogP contribution in [0.3, 0.4) is 0 Å². The Labute approximate surface area is 147 Å². The average Bonchev–Trinajstić information content (AvgIpc) is 2.81. The van der Waals surface area contributed by atoms with E-state index in [0.29, 0.717) is 24.2 Å². The Morgan fingerprint density at radius 1 is 1.29 bits per heavy atom. The Kier molecular flexibility index (Phi) is 6.02. The number of carbonyl (C=O) groups is 1. The van der Waals surface area contributed by atoms with Crippen LogP contribution in [0.15, 0.2) is 0 Å². The van der Waals surface area contributed by atoms with E-state index in [-0.39, 0.29) is 17.5 Å². The largest absolute Gasteiger partial charge is 0.462 e. The first-order valence-electron chi connectivity index (χ1n) is 9.63. The van der Waals surface area contributed by atoms with Crippen molar-refractivity contribution in [3.05, 3.63) is 0 Å². The monoisotopic (exact) mass is 340 g/mol. The summed E-state index contributed by atoms with van der Waals surface area (Å²) in [5.74, 6) is 1.43. The van der Waals surface area contributed by atoms with Crippen molar-refractivity contribution in [2.75, 3.05) is 0 Å². The van der Waals surface area contributed by atoms with Crippen molar-refractivity contribution >= 4 is 5.97 Å². The van der Waals surface area contributed by atoms with Crippen molar-refractivity contribution in [2.24, 2.45) is 23.2 Å². The quantitative estimate of drug-likeness (QED) is 0.724. The molecule has 0 aromatic heterocycles. The lowest BCUT2D eigenvalue weighted by molar-refractivity contribution is -0.155. The van der Waals surface area contributed by atoms with Gasteiger partial charge in [-0.25, -0.2) is 0 Å². The summed E-state index contributed by atoms with van der Waals surface area (Å²) >= 11 is 0. The van der Waals surface area contributed by atoms with Crippen LogP contribution in [0.4, 0.5) is 0 Å². The molecule has 2 fully saturated rings. The molecule has 4 nitrogen and oxygen atoms in total. The molecular weight excluding hydrogens is 304 g/mol. The number of aliphatic hydroxyl groups is 2. The normalized spacial score (nSPS) is 36.0. The maximum absolute atomic E-state index is 11.4. The van der Waals surface area contributed by atoms with Crippen LogP contribution < -0.4 is 0 Å². The molecule has 0 aromatic rings. The molecule has 2 saturated carbocycles. The molecule has 24 heavy (non-hydrogen) atoms. The average molecular weight is 341 g/mol. The fourth-order valence-electron chi connectivity index (χ4n) is 5.42. The summed E-state index contributed by atoms with van der Waals surface area (Å²) < 4.78 is 5.63. The SMILES string of the molecule is CC(=O)O[C@H]1CCC[C@]2(C)[C@@H]([C@@H](C)CC[C@@H](O)C(C)(C)O)CC[C@@H]12. The van der Waals surface area contributed by atoms with Gasteiger partial charge in [0.15, 0.2) is 0 Å². The van der Waals surface area contributed by atoms with Gasteiger partial charge in [0.05, 0.1) is 11.7 Å². The predicted molar refractivity (Wildman–Crippen MR) is 94.4 cm³/mol.